The molecule has 1 unspecified atom stereocenters. The largest absolute Gasteiger partial charge is 0.353 e. The Hall–Kier alpha value is -2.36. The zero-order chi connectivity index (χ0) is 27.3. The number of piperidine rings is 1. The van der Waals surface area contributed by atoms with Crippen LogP contribution in [0, 0.1) is 5.41 Å². The molecule has 3 heterocycles. The zero-order valence-corrected chi connectivity index (χ0v) is 24.4. The maximum atomic E-state index is 12.8. The lowest BCUT2D eigenvalue weighted by Gasteiger charge is -2.42. The Morgan fingerprint density at radius 3 is 2.45 bits per heavy atom. The number of hydrogen-bond donors (Lipinski definition) is 1. The summed E-state index contributed by atoms with van der Waals surface area (Å²) in [6, 6.07) is 12.5. The van der Waals surface area contributed by atoms with E-state index in [1.54, 1.807) is 6.07 Å². The molecule has 0 saturated carbocycles. The predicted molar refractivity (Wildman–Crippen MR) is 153 cm³/mol. The summed E-state index contributed by atoms with van der Waals surface area (Å²) in [5.74, 6) is 1.13. The van der Waals surface area contributed by atoms with Crippen molar-refractivity contribution in [3.05, 3.63) is 47.1 Å². The fourth-order valence-electron chi connectivity index (χ4n) is 4.99. The first-order chi connectivity index (χ1) is 18.1. The summed E-state index contributed by atoms with van der Waals surface area (Å²) >= 11 is 7.63. The van der Waals surface area contributed by atoms with E-state index in [2.05, 4.69) is 56.3 Å². The first-order valence-electron chi connectivity index (χ1n) is 13.4. The Morgan fingerprint density at radius 2 is 1.79 bits per heavy atom. The molecule has 206 valence electrons. The van der Waals surface area contributed by atoms with Gasteiger partial charge in [0.1, 0.15) is 11.0 Å². The number of nitrogens with one attached hydrogen (secondary N) is 1. The average molecular weight is 559 g/mol. The number of anilines is 1. The SMILES string of the molecule is CC1CN(c2cc(Cl)nc(SCC(=O)NC3CCN(Cc4ccccc4)CC3)n2)CCN1C(=O)C(C)(C)C. The van der Waals surface area contributed by atoms with Crippen LogP contribution in [-0.4, -0.2) is 82.1 Å². The molecule has 2 saturated heterocycles. The van der Waals surface area contributed by atoms with Gasteiger partial charge < -0.3 is 15.1 Å². The van der Waals surface area contributed by atoms with Crippen LogP contribution in [0.5, 0.6) is 0 Å². The Labute approximate surface area is 235 Å². The fourth-order valence-corrected chi connectivity index (χ4v) is 5.88. The van der Waals surface area contributed by atoms with Gasteiger partial charge in [-0.2, -0.15) is 0 Å². The minimum Gasteiger partial charge on any atom is -0.353 e. The molecule has 2 amide bonds. The van der Waals surface area contributed by atoms with Crippen molar-refractivity contribution in [3.63, 3.8) is 0 Å². The highest BCUT2D eigenvalue weighted by atomic mass is 35.5. The number of amides is 2. The Balaban J connectivity index is 1.24. The second-order valence-electron chi connectivity index (χ2n) is 11.3. The Morgan fingerprint density at radius 1 is 1.08 bits per heavy atom. The molecule has 0 spiro atoms. The van der Waals surface area contributed by atoms with Crippen LogP contribution in [0.2, 0.25) is 5.15 Å². The van der Waals surface area contributed by atoms with Gasteiger partial charge in [-0.15, -0.1) is 0 Å². The van der Waals surface area contributed by atoms with Crippen molar-refractivity contribution in [2.45, 2.75) is 64.3 Å². The number of piperazine rings is 1. The molecule has 1 atom stereocenters. The van der Waals surface area contributed by atoms with Gasteiger partial charge >= 0.3 is 0 Å². The van der Waals surface area contributed by atoms with Gasteiger partial charge in [0.25, 0.3) is 0 Å². The van der Waals surface area contributed by atoms with E-state index < -0.39 is 5.41 Å². The molecule has 0 radical (unpaired) electrons. The first kappa shape index (κ1) is 28.6. The zero-order valence-electron chi connectivity index (χ0n) is 22.8. The van der Waals surface area contributed by atoms with Gasteiger partial charge in [-0.3, -0.25) is 14.5 Å². The molecule has 0 bridgehead atoms. The summed E-state index contributed by atoms with van der Waals surface area (Å²) in [5.41, 5.74) is 0.917. The van der Waals surface area contributed by atoms with Gasteiger partial charge in [0, 0.05) is 62.8 Å². The normalized spacial score (nSPS) is 19.4. The number of likely N-dealkylation sites (tertiary alicyclic amines) is 1. The molecule has 4 rings (SSSR count). The number of carbonyl (C=O) groups is 2. The molecule has 1 aromatic carbocycles. The molecule has 1 aromatic heterocycles. The summed E-state index contributed by atoms with van der Waals surface area (Å²) in [4.78, 5) is 41.0. The molecule has 2 aromatic rings. The maximum Gasteiger partial charge on any atom is 0.230 e. The summed E-state index contributed by atoms with van der Waals surface area (Å²) in [5, 5.41) is 4.02. The van der Waals surface area contributed by atoms with E-state index in [0.717, 1.165) is 38.3 Å². The highest BCUT2D eigenvalue weighted by Gasteiger charge is 2.34. The minimum atomic E-state index is -0.405. The summed E-state index contributed by atoms with van der Waals surface area (Å²) in [6.07, 6.45) is 1.89. The van der Waals surface area contributed by atoms with Gasteiger partial charge in [0.15, 0.2) is 5.16 Å². The van der Waals surface area contributed by atoms with Crippen LogP contribution in [0.15, 0.2) is 41.6 Å². The van der Waals surface area contributed by atoms with E-state index in [9.17, 15) is 9.59 Å². The highest BCUT2D eigenvalue weighted by molar-refractivity contribution is 7.99. The summed E-state index contributed by atoms with van der Waals surface area (Å²) in [6.45, 7) is 12.8. The Kier molecular flexibility index (Phi) is 9.54. The molecule has 0 aliphatic carbocycles. The topological polar surface area (TPSA) is 81.7 Å². The number of thioether (sulfide) groups is 1. The van der Waals surface area contributed by atoms with Gasteiger partial charge in [0.2, 0.25) is 11.8 Å². The number of nitrogens with zero attached hydrogens (tertiary/aromatic N) is 5. The van der Waals surface area contributed by atoms with E-state index in [4.69, 9.17) is 11.6 Å². The molecule has 38 heavy (non-hydrogen) atoms. The minimum absolute atomic E-state index is 0.00966. The highest BCUT2D eigenvalue weighted by Crippen LogP contribution is 2.26. The molecule has 10 heteroatoms. The number of carbonyl (C=O) groups excluding carboxylic acids is 2. The van der Waals surface area contributed by atoms with E-state index in [1.165, 1.54) is 17.3 Å². The van der Waals surface area contributed by atoms with Crippen LogP contribution in [0.25, 0.3) is 0 Å². The first-order valence-corrected chi connectivity index (χ1v) is 14.7. The van der Waals surface area contributed by atoms with Crippen molar-refractivity contribution in [3.8, 4) is 0 Å². The molecule has 8 nitrogen and oxygen atoms in total. The van der Waals surface area contributed by atoms with Crippen LogP contribution in [-0.2, 0) is 16.1 Å². The van der Waals surface area contributed by atoms with E-state index in [1.807, 2.05) is 31.7 Å². The fraction of sp³-hybridized carbons (Fsp3) is 0.571. The van der Waals surface area contributed by atoms with Crippen LogP contribution >= 0.6 is 23.4 Å². The lowest BCUT2D eigenvalue weighted by atomic mass is 9.93. The van der Waals surface area contributed by atoms with Crippen molar-refractivity contribution >= 4 is 41.0 Å². The van der Waals surface area contributed by atoms with Crippen molar-refractivity contribution < 1.29 is 9.59 Å². The predicted octanol–water partition coefficient (Wildman–Crippen LogP) is 4.09. The molecule has 1 N–H and O–H groups in total. The van der Waals surface area contributed by atoms with E-state index in [-0.39, 0.29) is 29.7 Å². The number of halogens is 1. The lowest BCUT2D eigenvalue weighted by molar-refractivity contribution is -0.142. The van der Waals surface area contributed by atoms with Crippen LogP contribution in [0.4, 0.5) is 5.82 Å². The smallest absolute Gasteiger partial charge is 0.230 e. The van der Waals surface area contributed by atoms with Crippen molar-refractivity contribution in [2.75, 3.05) is 43.4 Å². The average Bonchev–Trinajstić information content (AvgIpc) is 2.88. The Bertz CT molecular complexity index is 1100. The van der Waals surface area contributed by atoms with Gasteiger partial charge in [-0.1, -0.05) is 74.5 Å². The maximum absolute atomic E-state index is 12.8. The second-order valence-corrected chi connectivity index (χ2v) is 12.6. The van der Waals surface area contributed by atoms with Gasteiger partial charge in [-0.25, -0.2) is 9.97 Å². The summed E-state index contributed by atoms with van der Waals surface area (Å²) in [7, 11) is 0. The van der Waals surface area contributed by atoms with Gasteiger partial charge in [-0.05, 0) is 25.3 Å². The van der Waals surface area contributed by atoms with Crippen LogP contribution in [0.3, 0.4) is 0 Å². The molecule has 2 aliphatic heterocycles. The van der Waals surface area contributed by atoms with Crippen molar-refractivity contribution in [2.24, 2.45) is 5.41 Å². The number of rotatable bonds is 7. The number of benzene rings is 1. The molecule has 2 fully saturated rings. The number of hydrogen-bond acceptors (Lipinski definition) is 7. The van der Waals surface area contributed by atoms with Gasteiger partial charge in [0.05, 0.1) is 5.75 Å². The second kappa shape index (κ2) is 12.7. The van der Waals surface area contributed by atoms with Crippen LogP contribution in [0.1, 0.15) is 46.1 Å². The third kappa shape index (κ3) is 7.83. The molecular weight excluding hydrogens is 520 g/mol. The number of aromatic nitrogens is 2. The molecule has 2 aliphatic rings. The lowest BCUT2D eigenvalue weighted by Crippen LogP contribution is -2.56. The third-order valence-electron chi connectivity index (χ3n) is 7.05. The standard InChI is InChI=1S/C28H39ClN6O2S/c1-20-17-34(14-15-35(20)26(37)28(2,3)4)24-16-23(29)31-27(32-24)38-19-25(36)30-22-10-12-33(13-11-22)18-21-8-6-5-7-9-21/h5-9,16,20,22H,10-15,17-19H2,1-4H3,(H,30,36). The molecular formula is C28H39ClN6O2S. The quantitative estimate of drug-likeness (QED) is 0.311. The van der Waals surface area contributed by atoms with Crippen molar-refractivity contribution in [1.82, 2.24) is 25.1 Å². The van der Waals surface area contributed by atoms with E-state index >= 15 is 0 Å². The summed E-state index contributed by atoms with van der Waals surface area (Å²) < 4.78 is 0. The van der Waals surface area contributed by atoms with Crippen LogP contribution < -0.4 is 10.2 Å². The third-order valence-corrected chi connectivity index (χ3v) is 8.09. The van der Waals surface area contributed by atoms with Crippen molar-refractivity contribution in [1.29, 1.82) is 0 Å². The van der Waals surface area contributed by atoms with E-state index in [0.29, 0.717) is 29.9 Å². The monoisotopic (exact) mass is 558 g/mol.